The molecule has 106 valence electrons. The second-order valence-electron chi connectivity index (χ2n) is 5.10. The van der Waals surface area contributed by atoms with Crippen molar-refractivity contribution in [1.29, 1.82) is 0 Å². The Labute approximate surface area is 124 Å². The second kappa shape index (κ2) is 5.97. The summed E-state index contributed by atoms with van der Waals surface area (Å²) in [5, 5.41) is 0.841. The smallest absolute Gasteiger partial charge is 0.187 e. The molecule has 0 N–H and O–H groups in total. The molecule has 0 bridgehead atoms. The Kier molecular flexibility index (Phi) is 4.08. The van der Waals surface area contributed by atoms with Gasteiger partial charge in [0.1, 0.15) is 0 Å². The molecule has 1 aliphatic rings. The van der Waals surface area contributed by atoms with Crippen molar-refractivity contribution in [1.82, 2.24) is 19.4 Å². The van der Waals surface area contributed by atoms with Gasteiger partial charge in [-0.1, -0.05) is 18.7 Å². The van der Waals surface area contributed by atoms with Crippen molar-refractivity contribution < 1.29 is 0 Å². The fraction of sp³-hybridized carbons (Fsp3) is 0.467. The first-order chi connectivity index (χ1) is 9.81. The molecule has 0 amide bonds. The van der Waals surface area contributed by atoms with E-state index in [-0.39, 0.29) is 0 Å². The largest absolute Gasteiger partial charge is 0.349 e. The predicted molar refractivity (Wildman–Crippen MR) is 81.7 cm³/mol. The molecular formula is C15H20N4S. The molecule has 0 aromatic carbocycles. The maximum atomic E-state index is 4.37. The molecule has 3 heterocycles. The van der Waals surface area contributed by atoms with Crippen LogP contribution in [0, 0.1) is 0 Å². The van der Waals surface area contributed by atoms with Gasteiger partial charge in [0.05, 0.1) is 6.04 Å². The Balaban J connectivity index is 1.76. The molecule has 0 saturated carbocycles. The Hall–Kier alpha value is -1.33. The molecular weight excluding hydrogens is 268 g/mol. The van der Waals surface area contributed by atoms with Crippen LogP contribution in [0.5, 0.6) is 0 Å². The molecule has 2 aromatic rings. The third kappa shape index (κ3) is 2.60. The van der Waals surface area contributed by atoms with Gasteiger partial charge in [0.15, 0.2) is 5.16 Å². The number of aromatic nitrogens is 3. The summed E-state index contributed by atoms with van der Waals surface area (Å²) in [5.74, 6) is 0. The minimum absolute atomic E-state index is 0.499. The van der Waals surface area contributed by atoms with Crippen molar-refractivity contribution in [3.63, 3.8) is 0 Å². The first-order valence-electron chi connectivity index (χ1n) is 7.05. The Morgan fingerprint density at radius 2 is 2.10 bits per heavy atom. The zero-order valence-electron chi connectivity index (χ0n) is 12.0. The first kappa shape index (κ1) is 13.6. The fourth-order valence-electron chi connectivity index (χ4n) is 2.93. The van der Waals surface area contributed by atoms with Gasteiger partial charge in [-0.3, -0.25) is 4.90 Å². The molecule has 5 heteroatoms. The van der Waals surface area contributed by atoms with Crippen LogP contribution in [0.1, 0.15) is 30.6 Å². The van der Waals surface area contributed by atoms with E-state index >= 15 is 0 Å². The minimum Gasteiger partial charge on any atom is -0.349 e. The summed E-state index contributed by atoms with van der Waals surface area (Å²) in [6, 6.07) is 4.89. The molecule has 0 spiro atoms. The zero-order chi connectivity index (χ0) is 13.9. The topological polar surface area (TPSA) is 34.0 Å². The summed E-state index contributed by atoms with van der Waals surface area (Å²) in [5.41, 5.74) is 2.63. The summed E-state index contributed by atoms with van der Waals surface area (Å²) in [6.07, 6.45) is 9.23. The van der Waals surface area contributed by atoms with E-state index in [9.17, 15) is 0 Å². The van der Waals surface area contributed by atoms with Crippen LogP contribution in [-0.4, -0.2) is 32.2 Å². The molecule has 1 aliphatic heterocycles. The van der Waals surface area contributed by atoms with Crippen molar-refractivity contribution in [2.24, 2.45) is 0 Å². The van der Waals surface area contributed by atoms with Crippen LogP contribution < -0.4 is 0 Å². The number of hydrogen-bond donors (Lipinski definition) is 0. The third-order valence-corrected chi connectivity index (χ3v) is 4.49. The highest BCUT2D eigenvalue weighted by Crippen LogP contribution is 2.29. The molecule has 0 radical (unpaired) electrons. The minimum atomic E-state index is 0.499. The predicted octanol–water partition coefficient (Wildman–Crippen LogP) is 2.97. The van der Waals surface area contributed by atoms with Crippen LogP contribution >= 0.6 is 11.8 Å². The van der Waals surface area contributed by atoms with Crippen LogP contribution in [-0.2, 0) is 13.1 Å². The van der Waals surface area contributed by atoms with E-state index in [1.165, 1.54) is 11.3 Å². The molecule has 1 unspecified atom stereocenters. The number of fused-ring (bicyclic) bond motifs is 1. The average molecular weight is 288 g/mol. The monoisotopic (exact) mass is 288 g/mol. The summed E-state index contributed by atoms with van der Waals surface area (Å²) in [4.78, 5) is 11.3. The first-order valence-corrected chi connectivity index (χ1v) is 8.28. The molecule has 3 rings (SSSR count). The van der Waals surface area contributed by atoms with Crippen molar-refractivity contribution in [2.45, 2.75) is 37.6 Å². The van der Waals surface area contributed by atoms with E-state index in [1.807, 2.05) is 18.6 Å². The van der Waals surface area contributed by atoms with Crippen molar-refractivity contribution >= 4 is 11.8 Å². The lowest BCUT2D eigenvalue weighted by atomic mass is 10.1. The molecule has 1 atom stereocenters. The summed E-state index contributed by atoms with van der Waals surface area (Å²) < 4.78 is 2.37. The molecule has 4 nitrogen and oxygen atoms in total. The zero-order valence-corrected chi connectivity index (χ0v) is 12.8. The number of rotatable bonds is 4. The van der Waals surface area contributed by atoms with E-state index in [2.05, 4.69) is 44.7 Å². The number of thioether (sulfide) groups is 1. The van der Waals surface area contributed by atoms with Crippen molar-refractivity contribution in [3.8, 4) is 0 Å². The highest BCUT2D eigenvalue weighted by Gasteiger charge is 2.25. The van der Waals surface area contributed by atoms with Gasteiger partial charge in [-0.05, 0) is 24.8 Å². The standard InChI is InChI=1S/C15H20N4S/c1-3-13-14-5-4-6-18(14)7-8-19(13)11-12-9-16-15(20-2)17-10-12/h4-6,9-10,13H,3,7-8,11H2,1-2H3. The van der Waals surface area contributed by atoms with Crippen LogP contribution in [0.25, 0.3) is 0 Å². The van der Waals surface area contributed by atoms with Gasteiger partial charge in [0.2, 0.25) is 0 Å². The Morgan fingerprint density at radius 1 is 1.30 bits per heavy atom. The quantitative estimate of drug-likeness (QED) is 0.640. The van der Waals surface area contributed by atoms with Gasteiger partial charge in [-0.2, -0.15) is 0 Å². The second-order valence-corrected chi connectivity index (χ2v) is 5.87. The highest BCUT2D eigenvalue weighted by molar-refractivity contribution is 7.98. The average Bonchev–Trinajstić information content (AvgIpc) is 2.96. The van der Waals surface area contributed by atoms with Gasteiger partial charge < -0.3 is 4.57 Å². The van der Waals surface area contributed by atoms with E-state index < -0.39 is 0 Å². The SMILES string of the molecule is CCC1c2cccn2CCN1Cc1cnc(SC)nc1. The van der Waals surface area contributed by atoms with Gasteiger partial charge >= 0.3 is 0 Å². The number of nitrogens with zero attached hydrogens (tertiary/aromatic N) is 4. The lowest BCUT2D eigenvalue weighted by Crippen LogP contribution is -2.37. The lowest BCUT2D eigenvalue weighted by Gasteiger charge is -2.36. The van der Waals surface area contributed by atoms with E-state index in [0.717, 1.165) is 31.2 Å². The van der Waals surface area contributed by atoms with Gasteiger partial charge in [-0.15, -0.1) is 0 Å². The van der Waals surface area contributed by atoms with Crippen LogP contribution in [0.2, 0.25) is 0 Å². The lowest BCUT2D eigenvalue weighted by molar-refractivity contribution is 0.144. The van der Waals surface area contributed by atoms with Crippen molar-refractivity contribution in [2.75, 3.05) is 12.8 Å². The van der Waals surface area contributed by atoms with Gasteiger partial charge in [-0.25, -0.2) is 9.97 Å². The molecule has 2 aromatic heterocycles. The third-order valence-electron chi connectivity index (χ3n) is 3.91. The molecule has 0 saturated heterocycles. The normalized spacial score (nSPS) is 19.0. The molecule has 0 aliphatic carbocycles. The summed E-state index contributed by atoms with van der Waals surface area (Å²) in [6.45, 7) is 5.35. The van der Waals surface area contributed by atoms with E-state index in [4.69, 9.17) is 0 Å². The summed E-state index contributed by atoms with van der Waals surface area (Å²) >= 11 is 1.58. The van der Waals surface area contributed by atoms with E-state index in [1.54, 1.807) is 11.8 Å². The molecule has 20 heavy (non-hydrogen) atoms. The van der Waals surface area contributed by atoms with Gasteiger partial charge in [0.25, 0.3) is 0 Å². The Bertz CT molecular complexity index is 564. The van der Waals surface area contributed by atoms with Crippen LogP contribution in [0.3, 0.4) is 0 Å². The highest BCUT2D eigenvalue weighted by atomic mass is 32.2. The molecule has 0 fully saturated rings. The Morgan fingerprint density at radius 3 is 2.80 bits per heavy atom. The summed E-state index contributed by atoms with van der Waals surface area (Å²) in [7, 11) is 0. The maximum Gasteiger partial charge on any atom is 0.187 e. The van der Waals surface area contributed by atoms with Crippen molar-refractivity contribution in [3.05, 3.63) is 42.0 Å². The number of hydrogen-bond acceptors (Lipinski definition) is 4. The van der Waals surface area contributed by atoms with Crippen LogP contribution in [0.15, 0.2) is 35.9 Å². The van der Waals surface area contributed by atoms with E-state index in [0.29, 0.717) is 6.04 Å². The fourth-order valence-corrected chi connectivity index (χ4v) is 3.25. The van der Waals surface area contributed by atoms with Gasteiger partial charge in [0, 0.05) is 49.5 Å². The maximum absolute atomic E-state index is 4.37. The van der Waals surface area contributed by atoms with Crippen LogP contribution in [0.4, 0.5) is 0 Å².